The molecule has 2 rings (SSSR count). The van der Waals surface area contributed by atoms with Crippen molar-refractivity contribution in [1.29, 1.82) is 0 Å². The van der Waals surface area contributed by atoms with E-state index >= 15 is 0 Å². The number of hydrogen-bond donors (Lipinski definition) is 1. The van der Waals surface area contributed by atoms with Gasteiger partial charge in [-0.25, -0.2) is 0 Å². The SMILES string of the molecule is CCCNCC1(c2cccnc2)CC(C(C)(C)C)C1. The summed E-state index contributed by atoms with van der Waals surface area (Å²) in [4.78, 5) is 4.32. The molecule has 1 aliphatic carbocycles. The Bertz CT molecular complexity index is 385. The molecule has 1 heterocycles. The predicted molar refractivity (Wildman–Crippen MR) is 81.3 cm³/mol. The Balaban J connectivity index is 2.09. The fraction of sp³-hybridized carbons (Fsp3) is 0.706. The molecule has 1 fully saturated rings. The minimum Gasteiger partial charge on any atom is -0.316 e. The third-order valence-corrected chi connectivity index (χ3v) is 4.66. The number of aromatic nitrogens is 1. The summed E-state index contributed by atoms with van der Waals surface area (Å²) in [5.74, 6) is 0.830. The zero-order chi connectivity index (χ0) is 13.9. The van der Waals surface area contributed by atoms with Crippen LogP contribution in [0.2, 0.25) is 0 Å². The van der Waals surface area contributed by atoms with E-state index in [1.807, 2.05) is 6.20 Å². The minimum atomic E-state index is 0.321. The van der Waals surface area contributed by atoms with Gasteiger partial charge in [-0.05, 0) is 48.8 Å². The molecule has 0 amide bonds. The van der Waals surface area contributed by atoms with Gasteiger partial charge in [-0.2, -0.15) is 0 Å². The van der Waals surface area contributed by atoms with E-state index in [1.54, 1.807) is 0 Å². The summed E-state index contributed by atoms with van der Waals surface area (Å²) in [5, 5.41) is 3.62. The zero-order valence-electron chi connectivity index (χ0n) is 12.9. The second kappa shape index (κ2) is 5.62. The molecule has 0 bridgehead atoms. The molecule has 1 saturated carbocycles. The smallest absolute Gasteiger partial charge is 0.0306 e. The van der Waals surface area contributed by atoms with Gasteiger partial charge in [0.25, 0.3) is 0 Å². The van der Waals surface area contributed by atoms with Crippen molar-refractivity contribution in [3.63, 3.8) is 0 Å². The maximum Gasteiger partial charge on any atom is 0.0306 e. The summed E-state index contributed by atoms with van der Waals surface area (Å²) >= 11 is 0. The highest BCUT2D eigenvalue weighted by Gasteiger charge is 2.49. The fourth-order valence-corrected chi connectivity index (χ4v) is 3.16. The van der Waals surface area contributed by atoms with Crippen molar-refractivity contribution in [1.82, 2.24) is 10.3 Å². The molecule has 0 aromatic carbocycles. The molecule has 19 heavy (non-hydrogen) atoms. The fourth-order valence-electron chi connectivity index (χ4n) is 3.16. The van der Waals surface area contributed by atoms with E-state index in [4.69, 9.17) is 0 Å². The van der Waals surface area contributed by atoms with Crippen LogP contribution in [0.1, 0.15) is 52.5 Å². The summed E-state index contributed by atoms with van der Waals surface area (Å²) in [6, 6.07) is 4.32. The van der Waals surface area contributed by atoms with Crippen molar-refractivity contribution in [2.75, 3.05) is 13.1 Å². The second-order valence-electron chi connectivity index (χ2n) is 7.17. The van der Waals surface area contributed by atoms with Crippen LogP contribution in [0.15, 0.2) is 24.5 Å². The topological polar surface area (TPSA) is 24.9 Å². The van der Waals surface area contributed by atoms with Crippen molar-refractivity contribution in [3.8, 4) is 0 Å². The first-order chi connectivity index (χ1) is 8.98. The van der Waals surface area contributed by atoms with Gasteiger partial charge >= 0.3 is 0 Å². The van der Waals surface area contributed by atoms with E-state index in [1.165, 1.54) is 24.8 Å². The Hall–Kier alpha value is -0.890. The molecule has 0 aliphatic heterocycles. The molecular weight excluding hydrogens is 232 g/mol. The Kier molecular flexibility index (Phi) is 4.29. The van der Waals surface area contributed by atoms with Crippen LogP contribution in [0.3, 0.4) is 0 Å². The van der Waals surface area contributed by atoms with Crippen LogP contribution in [0.25, 0.3) is 0 Å². The predicted octanol–water partition coefficient (Wildman–Crippen LogP) is 3.78. The Labute approximate surface area is 118 Å². The number of pyridine rings is 1. The molecule has 0 saturated heterocycles. The zero-order valence-corrected chi connectivity index (χ0v) is 12.9. The van der Waals surface area contributed by atoms with Crippen LogP contribution in [0, 0.1) is 11.3 Å². The van der Waals surface area contributed by atoms with Crippen molar-refractivity contribution in [3.05, 3.63) is 30.1 Å². The lowest BCUT2D eigenvalue weighted by Crippen LogP contribution is -2.52. The van der Waals surface area contributed by atoms with Gasteiger partial charge in [0.2, 0.25) is 0 Å². The van der Waals surface area contributed by atoms with E-state index in [0.717, 1.165) is 19.0 Å². The minimum absolute atomic E-state index is 0.321. The average molecular weight is 260 g/mol. The van der Waals surface area contributed by atoms with Gasteiger partial charge in [-0.15, -0.1) is 0 Å². The molecule has 0 atom stereocenters. The summed E-state index contributed by atoms with van der Waals surface area (Å²) in [6.07, 6.45) is 7.71. The molecular formula is C17H28N2. The van der Waals surface area contributed by atoms with Crippen LogP contribution in [0.4, 0.5) is 0 Å². The molecule has 2 nitrogen and oxygen atoms in total. The highest BCUT2D eigenvalue weighted by Crippen LogP contribution is 2.53. The highest BCUT2D eigenvalue weighted by molar-refractivity contribution is 5.27. The van der Waals surface area contributed by atoms with Gasteiger partial charge in [0.1, 0.15) is 0 Å². The largest absolute Gasteiger partial charge is 0.316 e. The molecule has 1 aliphatic rings. The van der Waals surface area contributed by atoms with Crippen molar-refractivity contribution in [2.24, 2.45) is 11.3 Å². The lowest BCUT2D eigenvalue weighted by Gasteiger charge is -2.53. The Morgan fingerprint density at radius 1 is 1.37 bits per heavy atom. The van der Waals surface area contributed by atoms with Gasteiger partial charge in [0.05, 0.1) is 0 Å². The van der Waals surface area contributed by atoms with E-state index in [2.05, 4.69) is 56.3 Å². The van der Waals surface area contributed by atoms with Crippen molar-refractivity contribution < 1.29 is 0 Å². The summed E-state index contributed by atoms with van der Waals surface area (Å²) in [7, 11) is 0. The third-order valence-electron chi connectivity index (χ3n) is 4.66. The molecule has 0 radical (unpaired) electrons. The van der Waals surface area contributed by atoms with Crippen molar-refractivity contribution >= 4 is 0 Å². The first-order valence-corrected chi connectivity index (χ1v) is 7.59. The van der Waals surface area contributed by atoms with E-state index in [9.17, 15) is 0 Å². The van der Waals surface area contributed by atoms with Gasteiger partial charge < -0.3 is 5.32 Å². The molecule has 0 unspecified atom stereocenters. The number of nitrogens with zero attached hydrogens (tertiary/aromatic N) is 1. The van der Waals surface area contributed by atoms with Crippen LogP contribution in [0.5, 0.6) is 0 Å². The number of rotatable bonds is 5. The van der Waals surface area contributed by atoms with E-state index in [-0.39, 0.29) is 0 Å². The quantitative estimate of drug-likeness (QED) is 0.815. The molecule has 0 spiro atoms. The van der Waals surface area contributed by atoms with Gasteiger partial charge in [0, 0.05) is 24.4 Å². The maximum absolute atomic E-state index is 4.32. The van der Waals surface area contributed by atoms with Gasteiger partial charge in [-0.1, -0.05) is 33.8 Å². The number of hydrogen-bond acceptors (Lipinski definition) is 2. The van der Waals surface area contributed by atoms with E-state index in [0.29, 0.717) is 10.8 Å². The summed E-state index contributed by atoms with van der Waals surface area (Å²) < 4.78 is 0. The lowest BCUT2D eigenvalue weighted by molar-refractivity contribution is 0.0448. The van der Waals surface area contributed by atoms with Crippen molar-refractivity contribution in [2.45, 2.75) is 52.4 Å². The van der Waals surface area contributed by atoms with Crippen LogP contribution >= 0.6 is 0 Å². The normalized spacial score (nSPS) is 27.1. The molecule has 106 valence electrons. The molecule has 2 heteroatoms. The van der Waals surface area contributed by atoms with Crippen LogP contribution < -0.4 is 5.32 Å². The van der Waals surface area contributed by atoms with Crippen LogP contribution in [-0.2, 0) is 5.41 Å². The number of nitrogens with one attached hydrogen (secondary N) is 1. The highest BCUT2D eigenvalue weighted by atomic mass is 14.9. The monoisotopic (exact) mass is 260 g/mol. The third kappa shape index (κ3) is 3.17. The Morgan fingerprint density at radius 2 is 2.11 bits per heavy atom. The maximum atomic E-state index is 4.32. The molecule has 1 aromatic heterocycles. The Morgan fingerprint density at radius 3 is 2.63 bits per heavy atom. The average Bonchev–Trinajstić information content (AvgIpc) is 2.32. The van der Waals surface area contributed by atoms with E-state index < -0.39 is 0 Å². The first-order valence-electron chi connectivity index (χ1n) is 7.59. The summed E-state index contributed by atoms with van der Waals surface area (Å²) in [5.41, 5.74) is 2.16. The van der Waals surface area contributed by atoms with Gasteiger partial charge in [-0.3, -0.25) is 4.98 Å². The second-order valence-corrected chi connectivity index (χ2v) is 7.17. The first kappa shape index (κ1) is 14.5. The summed E-state index contributed by atoms with van der Waals surface area (Å²) in [6.45, 7) is 11.5. The standard InChI is InChI=1S/C17H28N2/c1-5-8-19-13-17(14-7-6-9-18-12-14)10-15(11-17)16(2,3)4/h6-7,9,12,15,19H,5,8,10-11,13H2,1-4H3. The van der Waals surface area contributed by atoms with Crippen LogP contribution in [-0.4, -0.2) is 18.1 Å². The van der Waals surface area contributed by atoms with Gasteiger partial charge in [0.15, 0.2) is 0 Å². The molecule has 1 N–H and O–H groups in total. The lowest BCUT2D eigenvalue weighted by atomic mass is 9.52. The molecule has 1 aromatic rings.